The van der Waals surface area contributed by atoms with E-state index in [0.29, 0.717) is 39.8 Å². The van der Waals surface area contributed by atoms with Gasteiger partial charge in [-0.2, -0.15) is 0 Å². The molecular weight excluding hydrogens is 366 g/mol. The molecule has 0 heterocycles. The van der Waals surface area contributed by atoms with Crippen molar-refractivity contribution in [1.29, 1.82) is 0 Å². The van der Waals surface area contributed by atoms with Crippen molar-refractivity contribution < 1.29 is 19.1 Å². The number of ether oxygens (including phenoxy) is 2. The van der Waals surface area contributed by atoms with E-state index in [2.05, 4.69) is 5.32 Å². The molecule has 27 heavy (non-hydrogen) atoms. The van der Waals surface area contributed by atoms with Gasteiger partial charge in [-0.3, -0.25) is 9.59 Å². The molecule has 0 fully saturated rings. The molecule has 1 N–H and O–H groups in total. The second-order valence-electron chi connectivity index (χ2n) is 5.52. The minimum Gasteiger partial charge on any atom is -0.483 e. The predicted octanol–water partition coefficient (Wildman–Crippen LogP) is 4.96. The van der Waals surface area contributed by atoms with Crippen LogP contribution in [0.15, 0.2) is 72.8 Å². The highest BCUT2D eigenvalue weighted by molar-refractivity contribution is 6.32. The molecule has 3 aromatic rings. The van der Waals surface area contributed by atoms with Gasteiger partial charge in [-0.05, 0) is 36.4 Å². The van der Waals surface area contributed by atoms with E-state index in [4.69, 9.17) is 21.1 Å². The van der Waals surface area contributed by atoms with E-state index in [1.54, 1.807) is 72.8 Å². The first-order valence-corrected chi connectivity index (χ1v) is 8.53. The van der Waals surface area contributed by atoms with Gasteiger partial charge in [-0.1, -0.05) is 48.0 Å². The molecule has 1 amide bonds. The van der Waals surface area contributed by atoms with Gasteiger partial charge in [0.2, 0.25) is 0 Å². The fourth-order valence-corrected chi connectivity index (χ4v) is 2.52. The van der Waals surface area contributed by atoms with E-state index in [0.717, 1.165) is 0 Å². The van der Waals surface area contributed by atoms with Crippen LogP contribution in [0.2, 0.25) is 5.02 Å². The van der Waals surface area contributed by atoms with Gasteiger partial charge in [0, 0.05) is 0 Å². The van der Waals surface area contributed by atoms with Crippen molar-refractivity contribution in [2.75, 3.05) is 11.9 Å². The lowest BCUT2D eigenvalue weighted by Crippen LogP contribution is -2.20. The summed E-state index contributed by atoms with van der Waals surface area (Å²) < 4.78 is 11.2. The zero-order chi connectivity index (χ0) is 19.1. The largest absolute Gasteiger partial charge is 0.483 e. The maximum atomic E-state index is 12.3. The van der Waals surface area contributed by atoms with Crippen LogP contribution in [0, 0.1) is 0 Å². The molecule has 0 atom stereocenters. The van der Waals surface area contributed by atoms with Crippen molar-refractivity contribution in [3.63, 3.8) is 0 Å². The van der Waals surface area contributed by atoms with Crippen LogP contribution in [0.3, 0.4) is 0 Å². The van der Waals surface area contributed by atoms with Crippen molar-refractivity contribution in [3.05, 3.63) is 83.4 Å². The average molecular weight is 382 g/mol. The molecule has 0 spiro atoms. The van der Waals surface area contributed by atoms with Crippen LogP contribution < -0.4 is 14.8 Å². The predicted molar refractivity (Wildman–Crippen MR) is 104 cm³/mol. The standard InChI is InChI=1S/C21H16ClNO4/c22-16-8-2-5-11-19(16)27-20-12-6-3-9-17(20)23-21(25)14-26-18-10-4-1-7-15(18)13-24/h1-13H,14H2,(H,23,25). The lowest BCUT2D eigenvalue weighted by atomic mass is 10.2. The number of anilines is 1. The molecule has 0 aliphatic rings. The molecule has 0 saturated heterocycles. The van der Waals surface area contributed by atoms with E-state index in [1.165, 1.54) is 0 Å². The molecule has 0 unspecified atom stereocenters. The lowest BCUT2D eigenvalue weighted by molar-refractivity contribution is -0.118. The molecule has 3 aromatic carbocycles. The number of carbonyl (C=O) groups excluding carboxylic acids is 2. The fraction of sp³-hybridized carbons (Fsp3) is 0.0476. The minimum absolute atomic E-state index is 0.245. The summed E-state index contributed by atoms with van der Waals surface area (Å²) in [4.78, 5) is 23.3. The van der Waals surface area contributed by atoms with Crippen LogP contribution in [-0.4, -0.2) is 18.8 Å². The van der Waals surface area contributed by atoms with Crippen LogP contribution in [0.5, 0.6) is 17.2 Å². The van der Waals surface area contributed by atoms with Gasteiger partial charge in [0.25, 0.3) is 5.91 Å². The number of nitrogens with one attached hydrogen (secondary N) is 1. The molecule has 0 aliphatic heterocycles. The summed E-state index contributed by atoms with van der Waals surface area (Å²) in [5.74, 6) is 0.901. The molecule has 0 saturated carbocycles. The molecule has 0 radical (unpaired) electrons. The lowest BCUT2D eigenvalue weighted by Gasteiger charge is -2.13. The zero-order valence-electron chi connectivity index (χ0n) is 14.2. The van der Waals surface area contributed by atoms with E-state index < -0.39 is 0 Å². The smallest absolute Gasteiger partial charge is 0.262 e. The van der Waals surface area contributed by atoms with Crippen LogP contribution in [0.4, 0.5) is 5.69 Å². The van der Waals surface area contributed by atoms with Crippen molar-refractivity contribution >= 4 is 29.5 Å². The number of rotatable bonds is 7. The number of halogens is 1. The van der Waals surface area contributed by atoms with Crippen LogP contribution in [-0.2, 0) is 4.79 Å². The number of para-hydroxylation sites is 4. The third kappa shape index (κ3) is 4.86. The Morgan fingerprint density at radius 1 is 0.889 bits per heavy atom. The van der Waals surface area contributed by atoms with Gasteiger partial charge in [-0.25, -0.2) is 0 Å². The summed E-state index contributed by atoms with van der Waals surface area (Å²) in [6.45, 7) is -0.245. The zero-order valence-corrected chi connectivity index (χ0v) is 15.0. The molecule has 3 rings (SSSR count). The van der Waals surface area contributed by atoms with Crippen molar-refractivity contribution in [2.45, 2.75) is 0 Å². The van der Waals surface area contributed by atoms with Crippen LogP contribution in [0.1, 0.15) is 10.4 Å². The number of amides is 1. The summed E-state index contributed by atoms with van der Waals surface area (Å²) in [6.07, 6.45) is 0.681. The molecule has 0 bridgehead atoms. The molecule has 0 aliphatic carbocycles. The summed E-state index contributed by atoms with van der Waals surface area (Å²) in [7, 11) is 0. The summed E-state index contributed by atoms with van der Waals surface area (Å²) >= 11 is 6.12. The summed E-state index contributed by atoms with van der Waals surface area (Å²) in [5, 5.41) is 3.20. The SMILES string of the molecule is O=Cc1ccccc1OCC(=O)Nc1ccccc1Oc1ccccc1Cl. The first-order valence-electron chi connectivity index (χ1n) is 8.15. The van der Waals surface area contributed by atoms with E-state index >= 15 is 0 Å². The molecule has 5 nitrogen and oxygen atoms in total. The Balaban J connectivity index is 1.68. The third-order valence-electron chi connectivity index (χ3n) is 3.62. The molecular formula is C21H16ClNO4. The van der Waals surface area contributed by atoms with Gasteiger partial charge in [0.15, 0.2) is 18.6 Å². The number of carbonyl (C=O) groups is 2. The van der Waals surface area contributed by atoms with E-state index in [-0.39, 0.29) is 12.5 Å². The maximum absolute atomic E-state index is 12.3. The Morgan fingerprint density at radius 3 is 2.26 bits per heavy atom. The average Bonchev–Trinajstić information content (AvgIpc) is 2.70. The molecule has 6 heteroatoms. The highest BCUT2D eigenvalue weighted by atomic mass is 35.5. The Morgan fingerprint density at radius 2 is 1.52 bits per heavy atom. The fourth-order valence-electron chi connectivity index (χ4n) is 2.34. The van der Waals surface area contributed by atoms with E-state index in [9.17, 15) is 9.59 Å². The van der Waals surface area contributed by atoms with E-state index in [1.807, 2.05) is 0 Å². The molecule has 0 aromatic heterocycles. The van der Waals surface area contributed by atoms with Crippen LogP contribution in [0.25, 0.3) is 0 Å². The maximum Gasteiger partial charge on any atom is 0.262 e. The first kappa shape index (κ1) is 18.5. The Bertz CT molecular complexity index is 958. The number of aldehydes is 1. The highest BCUT2D eigenvalue weighted by Gasteiger charge is 2.11. The minimum atomic E-state index is -0.383. The Labute approximate surface area is 161 Å². The third-order valence-corrected chi connectivity index (χ3v) is 3.93. The van der Waals surface area contributed by atoms with Crippen molar-refractivity contribution in [1.82, 2.24) is 0 Å². The van der Waals surface area contributed by atoms with Crippen molar-refractivity contribution in [3.8, 4) is 17.2 Å². The first-order chi connectivity index (χ1) is 13.2. The normalized spacial score (nSPS) is 10.1. The topological polar surface area (TPSA) is 64.6 Å². The number of hydrogen-bond donors (Lipinski definition) is 1. The van der Waals surface area contributed by atoms with Gasteiger partial charge < -0.3 is 14.8 Å². The Kier molecular flexibility index (Phi) is 6.07. The highest BCUT2D eigenvalue weighted by Crippen LogP contribution is 2.33. The summed E-state index contributed by atoms with van der Waals surface area (Å²) in [6, 6.07) is 20.8. The van der Waals surface area contributed by atoms with Gasteiger partial charge in [0.05, 0.1) is 16.3 Å². The second-order valence-corrected chi connectivity index (χ2v) is 5.93. The van der Waals surface area contributed by atoms with Crippen molar-refractivity contribution in [2.24, 2.45) is 0 Å². The number of hydrogen-bond acceptors (Lipinski definition) is 4. The Hall–Kier alpha value is -3.31. The van der Waals surface area contributed by atoms with Gasteiger partial charge in [-0.15, -0.1) is 0 Å². The molecule has 136 valence electrons. The second kappa shape index (κ2) is 8.87. The quantitative estimate of drug-likeness (QED) is 0.587. The van der Waals surface area contributed by atoms with Gasteiger partial charge in [0.1, 0.15) is 11.5 Å². The summed E-state index contributed by atoms with van der Waals surface area (Å²) in [5.41, 5.74) is 0.863. The number of benzene rings is 3. The van der Waals surface area contributed by atoms with Gasteiger partial charge >= 0.3 is 0 Å². The monoisotopic (exact) mass is 381 g/mol. The van der Waals surface area contributed by atoms with Crippen LogP contribution >= 0.6 is 11.6 Å².